The molecule has 23 heavy (non-hydrogen) atoms. The zero-order chi connectivity index (χ0) is 17.3. The third-order valence-corrected chi connectivity index (χ3v) is 3.84. The molecule has 1 aliphatic rings. The number of amides is 1. The molecule has 1 fully saturated rings. The SMILES string of the molecule is CC(C)(C)OC(=O)N1[C@@H](Cc2ccccc2)[C@@H](CO)OC1(C)C. The first kappa shape index (κ1) is 17.8. The van der Waals surface area contributed by atoms with E-state index in [-0.39, 0.29) is 12.6 Å². The van der Waals surface area contributed by atoms with Gasteiger partial charge in [-0.25, -0.2) is 4.79 Å². The normalized spacial score (nSPS) is 23.8. The fraction of sp³-hybridized carbons (Fsp3) is 0.611. The Labute approximate surface area is 138 Å². The molecule has 2 rings (SSSR count). The molecule has 1 aliphatic heterocycles. The van der Waals surface area contributed by atoms with Crippen LogP contribution in [-0.4, -0.2) is 46.2 Å². The summed E-state index contributed by atoms with van der Waals surface area (Å²) in [5, 5.41) is 9.68. The first-order valence-corrected chi connectivity index (χ1v) is 7.99. The van der Waals surface area contributed by atoms with Crippen molar-refractivity contribution in [3.05, 3.63) is 35.9 Å². The van der Waals surface area contributed by atoms with Gasteiger partial charge in [0, 0.05) is 0 Å². The molecule has 1 aromatic carbocycles. The van der Waals surface area contributed by atoms with E-state index in [0.29, 0.717) is 6.42 Å². The van der Waals surface area contributed by atoms with E-state index in [1.807, 2.05) is 65.0 Å². The van der Waals surface area contributed by atoms with E-state index >= 15 is 0 Å². The summed E-state index contributed by atoms with van der Waals surface area (Å²) in [4.78, 5) is 14.3. The third-order valence-electron chi connectivity index (χ3n) is 3.84. The van der Waals surface area contributed by atoms with Gasteiger partial charge in [-0.05, 0) is 46.6 Å². The maximum absolute atomic E-state index is 12.7. The van der Waals surface area contributed by atoms with Crippen molar-refractivity contribution in [2.75, 3.05) is 6.61 Å². The van der Waals surface area contributed by atoms with Crippen LogP contribution in [0.15, 0.2) is 30.3 Å². The fourth-order valence-electron chi connectivity index (χ4n) is 2.97. The van der Waals surface area contributed by atoms with E-state index < -0.39 is 23.5 Å². The summed E-state index contributed by atoms with van der Waals surface area (Å²) in [7, 11) is 0. The van der Waals surface area contributed by atoms with E-state index in [1.54, 1.807) is 4.90 Å². The summed E-state index contributed by atoms with van der Waals surface area (Å²) < 4.78 is 11.4. The molecule has 5 nitrogen and oxygen atoms in total. The molecule has 0 spiro atoms. The fourth-order valence-corrected chi connectivity index (χ4v) is 2.97. The van der Waals surface area contributed by atoms with Crippen molar-refractivity contribution in [3.8, 4) is 0 Å². The quantitative estimate of drug-likeness (QED) is 0.930. The number of benzene rings is 1. The van der Waals surface area contributed by atoms with Crippen LogP contribution in [0, 0.1) is 0 Å². The van der Waals surface area contributed by atoms with Crippen LogP contribution in [0.5, 0.6) is 0 Å². The van der Waals surface area contributed by atoms with Gasteiger partial charge in [-0.2, -0.15) is 0 Å². The van der Waals surface area contributed by atoms with E-state index in [4.69, 9.17) is 9.47 Å². The first-order chi connectivity index (χ1) is 10.6. The highest BCUT2D eigenvalue weighted by Crippen LogP contribution is 2.35. The van der Waals surface area contributed by atoms with Crippen molar-refractivity contribution in [1.82, 2.24) is 4.90 Å². The van der Waals surface area contributed by atoms with Crippen molar-refractivity contribution in [3.63, 3.8) is 0 Å². The molecule has 0 saturated carbocycles. The van der Waals surface area contributed by atoms with Crippen LogP contribution in [0.1, 0.15) is 40.2 Å². The lowest BCUT2D eigenvalue weighted by Crippen LogP contribution is -2.51. The second kappa shape index (κ2) is 6.49. The van der Waals surface area contributed by atoms with Gasteiger partial charge in [-0.3, -0.25) is 4.90 Å². The van der Waals surface area contributed by atoms with Crippen molar-refractivity contribution in [1.29, 1.82) is 0 Å². The Morgan fingerprint density at radius 3 is 2.43 bits per heavy atom. The number of ether oxygens (including phenoxy) is 2. The number of carbonyl (C=O) groups is 1. The van der Waals surface area contributed by atoms with Gasteiger partial charge in [0.15, 0.2) is 0 Å². The van der Waals surface area contributed by atoms with Crippen LogP contribution < -0.4 is 0 Å². The second-order valence-electron chi connectivity index (χ2n) is 7.39. The Morgan fingerprint density at radius 1 is 1.30 bits per heavy atom. The standard InChI is InChI=1S/C18H27NO4/c1-17(2,3)23-16(21)19-14(11-13-9-7-6-8-10-13)15(12-20)22-18(19,4)5/h6-10,14-15,20H,11-12H2,1-5H3/t14-,15+/m0/s1. The number of carbonyl (C=O) groups excluding carboxylic acids is 1. The Hall–Kier alpha value is -1.59. The Kier molecular flexibility index (Phi) is 5.01. The zero-order valence-corrected chi connectivity index (χ0v) is 14.6. The van der Waals surface area contributed by atoms with E-state index in [1.165, 1.54) is 0 Å². The Bertz CT molecular complexity index is 536. The van der Waals surface area contributed by atoms with Crippen molar-refractivity contribution >= 4 is 6.09 Å². The molecular formula is C18H27NO4. The summed E-state index contributed by atoms with van der Waals surface area (Å²) >= 11 is 0. The van der Waals surface area contributed by atoms with Crippen LogP contribution >= 0.6 is 0 Å². The smallest absolute Gasteiger partial charge is 0.412 e. The summed E-state index contributed by atoms with van der Waals surface area (Å²) in [5.74, 6) is 0. The predicted molar refractivity (Wildman–Crippen MR) is 88.0 cm³/mol. The molecular weight excluding hydrogens is 294 g/mol. The van der Waals surface area contributed by atoms with Gasteiger partial charge >= 0.3 is 6.09 Å². The lowest BCUT2D eigenvalue weighted by molar-refractivity contribution is -0.0866. The zero-order valence-electron chi connectivity index (χ0n) is 14.6. The second-order valence-corrected chi connectivity index (χ2v) is 7.39. The molecule has 1 aromatic rings. The monoisotopic (exact) mass is 321 g/mol. The number of aliphatic hydroxyl groups excluding tert-OH is 1. The molecule has 0 radical (unpaired) electrons. The highest BCUT2D eigenvalue weighted by Gasteiger charge is 2.50. The molecule has 1 heterocycles. The van der Waals surface area contributed by atoms with Gasteiger partial charge in [-0.1, -0.05) is 30.3 Å². The summed E-state index contributed by atoms with van der Waals surface area (Å²) in [6, 6.07) is 9.62. The third kappa shape index (κ3) is 4.24. The van der Waals surface area contributed by atoms with Gasteiger partial charge in [0.25, 0.3) is 0 Å². The summed E-state index contributed by atoms with van der Waals surface area (Å²) in [6.07, 6.45) is -0.244. The van der Waals surface area contributed by atoms with Crippen LogP contribution in [0.3, 0.4) is 0 Å². The average molecular weight is 321 g/mol. The molecule has 0 unspecified atom stereocenters. The maximum Gasteiger partial charge on any atom is 0.412 e. The minimum absolute atomic E-state index is 0.139. The van der Waals surface area contributed by atoms with Crippen LogP contribution in [0.2, 0.25) is 0 Å². The van der Waals surface area contributed by atoms with Crippen LogP contribution in [0.4, 0.5) is 4.79 Å². The Morgan fingerprint density at radius 2 is 1.91 bits per heavy atom. The number of nitrogens with zero attached hydrogens (tertiary/aromatic N) is 1. The number of rotatable bonds is 3. The van der Waals surface area contributed by atoms with Gasteiger partial charge in [0.05, 0.1) is 12.6 Å². The number of aliphatic hydroxyl groups is 1. The largest absolute Gasteiger partial charge is 0.444 e. The van der Waals surface area contributed by atoms with Gasteiger partial charge in [-0.15, -0.1) is 0 Å². The van der Waals surface area contributed by atoms with E-state index in [0.717, 1.165) is 5.56 Å². The topological polar surface area (TPSA) is 59.0 Å². The Balaban J connectivity index is 2.28. The maximum atomic E-state index is 12.7. The van der Waals surface area contributed by atoms with Gasteiger partial charge < -0.3 is 14.6 Å². The van der Waals surface area contributed by atoms with Gasteiger partial charge in [0.1, 0.15) is 17.4 Å². The van der Waals surface area contributed by atoms with Crippen LogP contribution in [-0.2, 0) is 15.9 Å². The lowest BCUT2D eigenvalue weighted by atomic mass is 10.0. The lowest BCUT2D eigenvalue weighted by Gasteiger charge is -2.35. The number of hydrogen-bond donors (Lipinski definition) is 1. The predicted octanol–water partition coefficient (Wildman–Crippen LogP) is 2.96. The molecule has 128 valence electrons. The summed E-state index contributed by atoms with van der Waals surface area (Å²) in [6.45, 7) is 9.02. The highest BCUT2D eigenvalue weighted by molar-refractivity contribution is 5.70. The average Bonchev–Trinajstić information content (AvgIpc) is 2.68. The van der Waals surface area contributed by atoms with Crippen molar-refractivity contribution in [2.24, 2.45) is 0 Å². The van der Waals surface area contributed by atoms with Crippen LogP contribution in [0.25, 0.3) is 0 Å². The molecule has 1 amide bonds. The molecule has 5 heteroatoms. The highest BCUT2D eigenvalue weighted by atomic mass is 16.6. The minimum atomic E-state index is -0.824. The molecule has 2 atom stereocenters. The first-order valence-electron chi connectivity index (χ1n) is 7.99. The molecule has 1 saturated heterocycles. The number of hydrogen-bond acceptors (Lipinski definition) is 4. The molecule has 0 aromatic heterocycles. The van der Waals surface area contributed by atoms with E-state index in [9.17, 15) is 9.90 Å². The summed E-state index contributed by atoms with van der Waals surface area (Å²) in [5.41, 5.74) is -0.317. The minimum Gasteiger partial charge on any atom is -0.444 e. The van der Waals surface area contributed by atoms with Crippen molar-refractivity contribution in [2.45, 2.75) is 64.5 Å². The molecule has 0 bridgehead atoms. The van der Waals surface area contributed by atoms with Gasteiger partial charge in [0.2, 0.25) is 0 Å². The molecule has 0 aliphatic carbocycles. The van der Waals surface area contributed by atoms with E-state index in [2.05, 4.69) is 0 Å². The molecule has 1 N–H and O–H groups in total. The van der Waals surface area contributed by atoms with Crippen molar-refractivity contribution < 1.29 is 19.4 Å².